The highest BCUT2D eigenvalue weighted by Gasteiger charge is 2.27. The predicted molar refractivity (Wildman–Crippen MR) is 100 cm³/mol. The predicted octanol–water partition coefficient (Wildman–Crippen LogP) is 3.30. The van der Waals surface area contributed by atoms with Gasteiger partial charge >= 0.3 is 0 Å². The van der Waals surface area contributed by atoms with E-state index in [0.717, 1.165) is 25.7 Å². The quantitative estimate of drug-likeness (QED) is 0.824. The van der Waals surface area contributed by atoms with E-state index in [4.69, 9.17) is 0 Å². The fraction of sp³-hybridized carbons (Fsp3) is 0.421. The normalized spacial score (nSPS) is 16.7. The number of hydrogen-bond donors (Lipinski definition) is 1. The fourth-order valence-corrected chi connectivity index (χ4v) is 4.51. The number of pyridine rings is 1. The van der Waals surface area contributed by atoms with Crippen molar-refractivity contribution in [2.45, 2.75) is 43.5 Å². The molecule has 5 nitrogen and oxygen atoms in total. The van der Waals surface area contributed by atoms with E-state index in [1.54, 1.807) is 16.4 Å². The Morgan fingerprint density at radius 2 is 1.84 bits per heavy atom. The van der Waals surface area contributed by atoms with Gasteiger partial charge in [-0.15, -0.1) is 0 Å². The molecule has 6 heteroatoms. The fourth-order valence-electron chi connectivity index (χ4n) is 3.05. The monoisotopic (exact) mass is 359 g/mol. The minimum atomic E-state index is -3.39. The van der Waals surface area contributed by atoms with E-state index in [9.17, 15) is 8.42 Å². The third-order valence-electron chi connectivity index (χ3n) is 4.54. The second-order valence-corrected chi connectivity index (χ2v) is 8.50. The Labute approximate surface area is 150 Å². The molecular weight excluding hydrogens is 334 g/mol. The van der Waals surface area contributed by atoms with Crippen LogP contribution in [-0.4, -0.2) is 36.8 Å². The molecule has 2 aromatic rings. The summed E-state index contributed by atoms with van der Waals surface area (Å²) in [6, 6.07) is 14.0. The molecule has 3 rings (SSSR count). The van der Waals surface area contributed by atoms with Crippen molar-refractivity contribution < 1.29 is 8.42 Å². The lowest BCUT2D eigenvalue weighted by Gasteiger charge is -2.17. The Kier molecular flexibility index (Phi) is 5.71. The highest BCUT2D eigenvalue weighted by Crippen LogP contribution is 2.21. The molecule has 0 saturated carbocycles. The van der Waals surface area contributed by atoms with Crippen molar-refractivity contribution in [2.24, 2.45) is 0 Å². The molecule has 1 aromatic carbocycles. The highest BCUT2D eigenvalue weighted by molar-refractivity contribution is 7.89. The standard InChI is InChI=1S/C19H25N3O2S/c1-16(9-10-17-7-3-2-4-8-17)21-19-12-11-18(15-20-19)25(23,24)22-13-5-6-14-22/h2-4,7-8,11-12,15-16H,5-6,9-10,13-14H2,1H3,(H,20,21). The summed E-state index contributed by atoms with van der Waals surface area (Å²) in [4.78, 5) is 4.57. The molecule has 0 radical (unpaired) electrons. The minimum Gasteiger partial charge on any atom is -0.368 e. The zero-order chi connectivity index (χ0) is 17.7. The molecule has 1 aromatic heterocycles. The number of nitrogens with zero attached hydrogens (tertiary/aromatic N) is 2. The zero-order valence-corrected chi connectivity index (χ0v) is 15.4. The Balaban J connectivity index is 1.57. The van der Waals surface area contributed by atoms with E-state index in [1.807, 2.05) is 6.07 Å². The van der Waals surface area contributed by atoms with Crippen LogP contribution >= 0.6 is 0 Å². The van der Waals surface area contributed by atoms with Crippen molar-refractivity contribution in [3.8, 4) is 0 Å². The number of hydrogen-bond acceptors (Lipinski definition) is 4. The van der Waals surface area contributed by atoms with Gasteiger partial charge in [-0.05, 0) is 50.3 Å². The second-order valence-electron chi connectivity index (χ2n) is 6.56. The van der Waals surface area contributed by atoms with E-state index in [-0.39, 0.29) is 10.9 Å². The molecular formula is C19H25N3O2S. The van der Waals surface area contributed by atoms with E-state index in [0.29, 0.717) is 18.9 Å². The Bertz CT molecular complexity index is 770. The van der Waals surface area contributed by atoms with Crippen LogP contribution in [0.1, 0.15) is 31.7 Å². The first-order chi connectivity index (χ1) is 12.1. The number of anilines is 1. The van der Waals surface area contributed by atoms with Crippen LogP contribution < -0.4 is 5.32 Å². The summed E-state index contributed by atoms with van der Waals surface area (Å²) in [5.41, 5.74) is 1.32. The molecule has 1 aliphatic heterocycles. The van der Waals surface area contributed by atoms with Crippen LogP contribution in [0, 0.1) is 0 Å². The number of nitrogens with one attached hydrogen (secondary N) is 1. The van der Waals surface area contributed by atoms with Gasteiger partial charge in [-0.3, -0.25) is 0 Å². The molecule has 0 bridgehead atoms. The van der Waals surface area contributed by atoms with Gasteiger partial charge in [0.05, 0.1) is 0 Å². The van der Waals surface area contributed by atoms with Crippen LogP contribution in [0.25, 0.3) is 0 Å². The lowest BCUT2D eigenvalue weighted by atomic mass is 10.1. The Hall–Kier alpha value is -1.92. The van der Waals surface area contributed by atoms with Crippen molar-refractivity contribution in [3.63, 3.8) is 0 Å². The molecule has 25 heavy (non-hydrogen) atoms. The first kappa shape index (κ1) is 17.9. The van der Waals surface area contributed by atoms with Crippen LogP contribution in [0.5, 0.6) is 0 Å². The minimum absolute atomic E-state index is 0.258. The average Bonchev–Trinajstić information content (AvgIpc) is 3.17. The average molecular weight is 359 g/mol. The summed E-state index contributed by atoms with van der Waals surface area (Å²) in [6.45, 7) is 3.33. The van der Waals surface area contributed by atoms with Gasteiger partial charge in [-0.1, -0.05) is 30.3 Å². The van der Waals surface area contributed by atoms with Crippen molar-refractivity contribution in [1.29, 1.82) is 0 Å². The summed E-state index contributed by atoms with van der Waals surface area (Å²) in [5.74, 6) is 0.709. The molecule has 1 fully saturated rings. The van der Waals surface area contributed by atoms with Crippen molar-refractivity contribution >= 4 is 15.8 Å². The summed E-state index contributed by atoms with van der Waals surface area (Å²) in [7, 11) is -3.39. The summed E-state index contributed by atoms with van der Waals surface area (Å²) >= 11 is 0. The van der Waals surface area contributed by atoms with Gasteiger partial charge in [0.2, 0.25) is 10.0 Å². The topological polar surface area (TPSA) is 62.3 Å². The lowest BCUT2D eigenvalue weighted by Crippen LogP contribution is -2.28. The maximum Gasteiger partial charge on any atom is 0.244 e. The molecule has 1 saturated heterocycles. The Morgan fingerprint density at radius 3 is 2.48 bits per heavy atom. The molecule has 1 aliphatic rings. The number of sulfonamides is 1. The lowest BCUT2D eigenvalue weighted by molar-refractivity contribution is 0.477. The second kappa shape index (κ2) is 7.97. The molecule has 1 unspecified atom stereocenters. The van der Waals surface area contributed by atoms with Gasteiger partial charge in [0.25, 0.3) is 0 Å². The van der Waals surface area contributed by atoms with Gasteiger partial charge in [-0.2, -0.15) is 4.31 Å². The van der Waals surface area contributed by atoms with E-state index < -0.39 is 10.0 Å². The van der Waals surface area contributed by atoms with Gasteiger partial charge < -0.3 is 5.32 Å². The SMILES string of the molecule is CC(CCc1ccccc1)Nc1ccc(S(=O)(=O)N2CCCC2)cn1. The van der Waals surface area contributed by atoms with Crippen molar-refractivity contribution in [3.05, 3.63) is 54.2 Å². The van der Waals surface area contributed by atoms with Crippen LogP contribution in [0.15, 0.2) is 53.6 Å². The summed E-state index contributed by atoms with van der Waals surface area (Å²) < 4.78 is 26.5. The van der Waals surface area contributed by atoms with Crippen LogP contribution in [0.4, 0.5) is 5.82 Å². The van der Waals surface area contributed by atoms with Gasteiger partial charge in [0.1, 0.15) is 10.7 Å². The number of aryl methyl sites for hydroxylation is 1. The smallest absolute Gasteiger partial charge is 0.244 e. The van der Waals surface area contributed by atoms with Gasteiger partial charge in [-0.25, -0.2) is 13.4 Å². The Morgan fingerprint density at radius 1 is 1.12 bits per heavy atom. The number of benzene rings is 1. The van der Waals surface area contributed by atoms with Gasteiger partial charge in [0.15, 0.2) is 0 Å². The van der Waals surface area contributed by atoms with Crippen LogP contribution in [-0.2, 0) is 16.4 Å². The van der Waals surface area contributed by atoms with E-state index in [1.165, 1.54) is 11.8 Å². The molecule has 0 amide bonds. The third kappa shape index (κ3) is 4.58. The third-order valence-corrected chi connectivity index (χ3v) is 6.42. The van der Waals surface area contributed by atoms with Crippen LogP contribution in [0.2, 0.25) is 0 Å². The molecule has 134 valence electrons. The maximum atomic E-state index is 12.5. The van der Waals surface area contributed by atoms with E-state index >= 15 is 0 Å². The molecule has 1 atom stereocenters. The van der Waals surface area contributed by atoms with Gasteiger partial charge in [0, 0.05) is 25.3 Å². The van der Waals surface area contributed by atoms with Crippen molar-refractivity contribution in [2.75, 3.05) is 18.4 Å². The molecule has 0 spiro atoms. The molecule has 2 heterocycles. The maximum absolute atomic E-state index is 12.5. The molecule has 1 N–H and O–H groups in total. The molecule has 0 aliphatic carbocycles. The van der Waals surface area contributed by atoms with Crippen LogP contribution in [0.3, 0.4) is 0 Å². The summed E-state index contributed by atoms with van der Waals surface area (Å²) in [5, 5.41) is 3.34. The largest absolute Gasteiger partial charge is 0.368 e. The first-order valence-electron chi connectivity index (χ1n) is 8.82. The number of aromatic nitrogens is 1. The number of rotatable bonds is 7. The van der Waals surface area contributed by atoms with E-state index in [2.05, 4.69) is 41.5 Å². The highest BCUT2D eigenvalue weighted by atomic mass is 32.2. The zero-order valence-electron chi connectivity index (χ0n) is 14.6. The first-order valence-corrected chi connectivity index (χ1v) is 10.3. The summed E-state index contributed by atoms with van der Waals surface area (Å²) in [6.07, 6.45) is 5.31. The van der Waals surface area contributed by atoms with Crippen molar-refractivity contribution in [1.82, 2.24) is 9.29 Å².